The first-order chi connectivity index (χ1) is 7.54. The van der Waals surface area contributed by atoms with Gasteiger partial charge in [-0.1, -0.05) is 0 Å². The molecule has 0 radical (unpaired) electrons. The summed E-state index contributed by atoms with van der Waals surface area (Å²) >= 11 is 0. The maximum atomic E-state index is 3.29. The Bertz CT molecular complexity index is 235. The van der Waals surface area contributed by atoms with E-state index in [0.29, 0.717) is 5.54 Å². The molecular weight excluding hydrogens is 198 g/mol. The van der Waals surface area contributed by atoms with E-state index in [1.807, 2.05) is 0 Å². The van der Waals surface area contributed by atoms with E-state index in [1.165, 1.54) is 32.4 Å². The van der Waals surface area contributed by atoms with Crippen LogP contribution in [0.5, 0.6) is 0 Å². The minimum absolute atomic E-state index is 0.346. The zero-order chi connectivity index (χ0) is 11.8. The predicted molar refractivity (Wildman–Crippen MR) is 68.8 cm³/mol. The van der Waals surface area contributed by atoms with Gasteiger partial charge in [0.05, 0.1) is 0 Å². The lowest BCUT2D eigenvalue weighted by Crippen LogP contribution is -2.62. The van der Waals surface area contributed by atoms with Gasteiger partial charge in [-0.2, -0.15) is 0 Å². The average molecular weight is 225 g/mol. The van der Waals surface area contributed by atoms with E-state index >= 15 is 0 Å². The summed E-state index contributed by atoms with van der Waals surface area (Å²) in [5.41, 5.74) is 0.346. The first kappa shape index (κ1) is 12.3. The van der Waals surface area contributed by atoms with Crippen molar-refractivity contribution >= 4 is 0 Å². The quantitative estimate of drug-likeness (QED) is 0.774. The third-order valence-electron chi connectivity index (χ3n) is 4.30. The molecule has 1 unspecified atom stereocenters. The van der Waals surface area contributed by atoms with Gasteiger partial charge in [0.25, 0.3) is 0 Å². The summed E-state index contributed by atoms with van der Waals surface area (Å²) in [7, 11) is 4.33. The Hall–Kier alpha value is -0.120. The lowest BCUT2D eigenvalue weighted by molar-refractivity contribution is -0.00847. The van der Waals surface area contributed by atoms with Crippen molar-refractivity contribution in [3.63, 3.8) is 0 Å². The molecule has 2 fully saturated rings. The van der Waals surface area contributed by atoms with Crippen LogP contribution in [0.15, 0.2) is 0 Å². The highest BCUT2D eigenvalue weighted by atomic mass is 15.3. The second-order valence-corrected chi connectivity index (χ2v) is 6.14. The number of hydrogen-bond acceptors (Lipinski definition) is 3. The maximum absolute atomic E-state index is 3.29. The average Bonchev–Trinajstić information content (AvgIpc) is 3.03. The summed E-state index contributed by atoms with van der Waals surface area (Å²) in [6, 6.07) is 1.66. The van der Waals surface area contributed by atoms with E-state index in [9.17, 15) is 0 Å². The molecule has 2 rings (SSSR count). The molecule has 1 saturated carbocycles. The molecule has 3 heteroatoms. The van der Waals surface area contributed by atoms with Gasteiger partial charge in [-0.15, -0.1) is 0 Å². The summed E-state index contributed by atoms with van der Waals surface area (Å²) in [4.78, 5) is 5.31. The van der Waals surface area contributed by atoms with Crippen molar-refractivity contribution in [3.8, 4) is 0 Å². The predicted octanol–water partition coefficient (Wildman–Crippen LogP) is 1.15. The molecule has 0 aromatic heterocycles. The van der Waals surface area contributed by atoms with Crippen LogP contribution in [0.25, 0.3) is 0 Å². The highest BCUT2D eigenvalue weighted by Crippen LogP contribution is 2.34. The topological polar surface area (TPSA) is 18.5 Å². The Morgan fingerprint density at radius 2 is 2.00 bits per heavy atom. The molecule has 1 aliphatic heterocycles. The molecule has 1 atom stereocenters. The van der Waals surface area contributed by atoms with Crippen LogP contribution in [0.4, 0.5) is 0 Å². The lowest BCUT2D eigenvalue weighted by Gasteiger charge is -2.50. The third kappa shape index (κ3) is 2.58. The molecule has 1 saturated heterocycles. The van der Waals surface area contributed by atoms with Crippen molar-refractivity contribution < 1.29 is 0 Å². The first-order valence-electron chi connectivity index (χ1n) is 6.66. The monoisotopic (exact) mass is 225 g/mol. The molecule has 1 aliphatic carbocycles. The third-order valence-corrected chi connectivity index (χ3v) is 4.30. The summed E-state index contributed by atoms with van der Waals surface area (Å²) in [6.07, 6.45) is 4.14. The molecule has 94 valence electrons. The van der Waals surface area contributed by atoms with Gasteiger partial charge in [0.2, 0.25) is 0 Å². The smallest absolute Gasteiger partial charge is 0.0278 e. The first-order valence-corrected chi connectivity index (χ1v) is 6.66. The Morgan fingerprint density at radius 1 is 1.31 bits per heavy atom. The van der Waals surface area contributed by atoms with Crippen molar-refractivity contribution in [2.24, 2.45) is 0 Å². The van der Waals surface area contributed by atoms with Crippen molar-refractivity contribution in [1.29, 1.82) is 0 Å². The largest absolute Gasteiger partial charge is 0.320 e. The van der Waals surface area contributed by atoms with Crippen molar-refractivity contribution in [1.82, 2.24) is 15.1 Å². The summed E-state index contributed by atoms with van der Waals surface area (Å²) in [6.45, 7) is 8.35. The Kier molecular flexibility index (Phi) is 3.57. The molecule has 0 spiro atoms. The second kappa shape index (κ2) is 4.63. The fourth-order valence-electron chi connectivity index (χ4n) is 2.77. The summed E-state index contributed by atoms with van der Waals surface area (Å²) < 4.78 is 0. The maximum Gasteiger partial charge on any atom is 0.0278 e. The number of nitrogens with one attached hydrogen (secondary N) is 1. The van der Waals surface area contributed by atoms with Gasteiger partial charge < -0.3 is 5.32 Å². The van der Waals surface area contributed by atoms with Gasteiger partial charge in [0.1, 0.15) is 0 Å². The number of nitrogens with zero attached hydrogens (tertiary/aromatic N) is 2. The minimum atomic E-state index is 0.346. The molecule has 1 heterocycles. The van der Waals surface area contributed by atoms with Crippen LogP contribution in [-0.4, -0.2) is 61.2 Å². The normalized spacial score (nSPS) is 31.9. The summed E-state index contributed by atoms with van der Waals surface area (Å²) in [5.74, 6) is 0. The van der Waals surface area contributed by atoms with E-state index in [4.69, 9.17) is 0 Å². The number of rotatable bonds is 4. The SMILES string of the molecule is CNCCC1CN(C)C(C)(C)CN1C1CC1. The zero-order valence-electron chi connectivity index (χ0n) is 11.3. The van der Waals surface area contributed by atoms with Gasteiger partial charge in [-0.25, -0.2) is 0 Å². The van der Waals surface area contributed by atoms with Crippen LogP contribution in [-0.2, 0) is 0 Å². The molecule has 0 bridgehead atoms. The zero-order valence-corrected chi connectivity index (χ0v) is 11.3. The van der Waals surface area contributed by atoms with Gasteiger partial charge in [-0.3, -0.25) is 9.80 Å². The lowest BCUT2D eigenvalue weighted by atomic mass is 9.94. The van der Waals surface area contributed by atoms with E-state index < -0.39 is 0 Å². The van der Waals surface area contributed by atoms with E-state index in [1.54, 1.807) is 0 Å². The van der Waals surface area contributed by atoms with E-state index in [2.05, 4.69) is 43.1 Å². The fourth-order valence-corrected chi connectivity index (χ4v) is 2.77. The van der Waals surface area contributed by atoms with E-state index in [-0.39, 0.29) is 0 Å². The Balaban J connectivity index is 1.99. The fraction of sp³-hybridized carbons (Fsp3) is 1.00. The number of likely N-dealkylation sites (N-methyl/N-ethyl adjacent to an activating group) is 1. The van der Waals surface area contributed by atoms with Crippen LogP contribution in [0, 0.1) is 0 Å². The molecule has 1 N–H and O–H groups in total. The summed E-state index contributed by atoms with van der Waals surface area (Å²) in [5, 5.41) is 3.29. The molecule has 0 aromatic carbocycles. The standard InChI is InChI=1S/C13H27N3/c1-13(2)10-16(11-5-6-11)12(7-8-14-3)9-15(13)4/h11-12,14H,5-10H2,1-4H3. The number of piperazine rings is 1. The second-order valence-electron chi connectivity index (χ2n) is 6.14. The van der Waals surface area contributed by atoms with Crippen molar-refractivity contribution in [2.75, 3.05) is 33.7 Å². The molecule has 0 amide bonds. The van der Waals surface area contributed by atoms with Crippen LogP contribution in [0.2, 0.25) is 0 Å². The molecule has 2 aliphatic rings. The van der Waals surface area contributed by atoms with E-state index in [0.717, 1.165) is 18.6 Å². The van der Waals surface area contributed by atoms with Gasteiger partial charge in [0, 0.05) is 30.7 Å². The number of hydrogen-bond donors (Lipinski definition) is 1. The van der Waals surface area contributed by atoms with Crippen molar-refractivity contribution in [3.05, 3.63) is 0 Å². The Morgan fingerprint density at radius 3 is 2.56 bits per heavy atom. The minimum Gasteiger partial charge on any atom is -0.320 e. The Labute approximate surface area is 100 Å². The highest BCUT2D eigenvalue weighted by Gasteiger charge is 2.42. The highest BCUT2D eigenvalue weighted by molar-refractivity contribution is 4.99. The van der Waals surface area contributed by atoms with Gasteiger partial charge >= 0.3 is 0 Å². The van der Waals surface area contributed by atoms with Crippen molar-refractivity contribution in [2.45, 2.75) is 50.7 Å². The van der Waals surface area contributed by atoms with Crippen LogP contribution < -0.4 is 5.32 Å². The van der Waals surface area contributed by atoms with Gasteiger partial charge in [0.15, 0.2) is 0 Å². The molecular formula is C13H27N3. The molecule has 0 aromatic rings. The van der Waals surface area contributed by atoms with Crippen LogP contribution in [0.3, 0.4) is 0 Å². The van der Waals surface area contributed by atoms with Crippen LogP contribution >= 0.6 is 0 Å². The molecule has 3 nitrogen and oxygen atoms in total. The van der Waals surface area contributed by atoms with Gasteiger partial charge in [-0.05, 0) is 53.8 Å². The molecule has 16 heavy (non-hydrogen) atoms. The van der Waals surface area contributed by atoms with Crippen LogP contribution in [0.1, 0.15) is 33.1 Å².